The van der Waals surface area contributed by atoms with Crippen LogP contribution in [0.2, 0.25) is 0 Å². The van der Waals surface area contributed by atoms with Crippen molar-refractivity contribution in [2.75, 3.05) is 24.1 Å². The smallest absolute Gasteiger partial charge is 0.245 e. The number of H-pyrrole nitrogens is 1. The maximum absolute atomic E-state index is 13.8. The lowest BCUT2D eigenvalue weighted by Gasteiger charge is -2.44. The summed E-state index contributed by atoms with van der Waals surface area (Å²) >= 11 is 0. The minimum absolute atomic E-state index is 0.126. The number of nitrogens with two attached hydrogens (primary N) is 1. The van der Waals surface area contributed by atoms with Crippen molar-refractivity contribution < 1.29 is 27.5 Å². The lowest BCUT2D eigenvalue weighted by atomic mass is 9.82. The molecule has 1 atom stereocenters. The summed E-state index contributed by atoms with van der Waals surface area (Å²) in [5.41, 5.74) is 6.58. The summed E-state index contributed by atoms with van der Waals surface area (Å²) in [4.78, 5) is 44.7. The minimum atomic E-state index is -3.49. The van der Waals surface area contributed by atoms with E-state index < -0.39 is 33.1 Å². The van der Waals surface area contributed by atoms with E-state index in [4.69, 9.17) is 10.5 Å². The first-order valence-electron chi connectivity index (χ1n) is 13.5. The summed E-state index contributed by atoms with van der Waals surface area (Å²) in [6.07, 6.45) is 4.18. The standard InChI is InChI=1S/C29H35N5O6S/c1-28(2,30)27(37)32-23(14-18-17-31-22-7-5-4-6-20(18)22)26(36)34-12-10-29(11-13-34)16-24(35)21-15-19(33-41(3,38)39)8-9-25(21)40-29/h4-9,15,17,23,31,33H,10-14,16,30H2,1-3H3,(H,32,37)/t23-/m1/s1. The molecule has 41 heavy (non-hydrogen) atoms. The fraction of sp³-hybridized carbons (Fsp3) is 0.414. The van der Waals surface area contributed by atoms with Crippen LogP contribution in [0.25, 0.3) is 10.9 Å². The van der Waals surface area contributed by atoms with Gasteiger partial charge in [0.25, 0.3) is 0 Å². The van der Waals surface area contributed by atoms with Gasteiger partial charge in [0.05, 0.1) is 23.8 Å². The van der Waals surface area contributed by atoms with E-state index in [2.05, 4.69) is 15.0 Å². The molecule has 12 heteroatoms. The molecular formula is C29H35N5O6S. The lowest BCUT2D eigenvalue weighted by molar-refractivity contribution is -0.140. The number of aromatic amines is 1. The second-order valence-corrected chi connectivity index (χ2v) is 13.4. The minimum Gasteiger partial charge on any atom is -0.486 e. The van der Waals surface area contributed by atoms with Crippen LogP contribution in [-0.2, 0) is 26.0 Å². The molecule has 0 bridgehead atoms. The normalized spacial score (nSPS) is 17.6. The third-order valence-electron chi connectivity index (χ3n) is 7.67. The fourth-order valence-corrected chi connectivity index (χ4v) is 6.03. The Morgan fingerprint density at radius 3 is 2.56 bits per heavy atom. The number of hydrogen-bond donors (Lipinski definition) is 4. The van der Waals surface area contributed by atoms with Crippen LogP contribution in [0.4, 0.5) is 5.69 Å². The van der Waals surface area contributed by atoms with Gasteiger partial charge in [-0.2, -0.15) is 0 Å². The number of hydrogen-bond acceptors (Lipinski definition) is 7. The van der Waals surface area contributed by atoms with Crippen LogP contribution >= 0.6 is 0 Å². The van der Waals surface area contributed by atoms with E-state index in [1.807, 2.05) is 30.5 Å². The molecule has 5 rings (SSSR count). The number of benzene rings is 2. The first-order chi connectivity index (χ1) is 19.2. The number of Topliss-reactive ketones (excluding diaryl/α,β-unsaturated/α-hetero) is 1. The summed E-state index contributed by atoms with van der Waals surface area (Å²) in [6.45, 7) is 3.88. The van der Waals surface area contributed by atoms with Crippen molar-refractivity contribution in [1.82, 2.24) is 15.2 Å². The Bertz CT molecular complexity index is 1620. The van der Waals surface area contributed by atoms with Gasteiger partial charge in [0.2, 0.25) is 21.8 Å². The molecule has 11 nitrogen and oxygen atoms in total. The molecule has 2 aliphatic rings. The Morgan fingerprint density at radius 2 is 1.88 bits per heavy atom. The number of sulfonamides is 1. The molecule has 1 fully saturated rings. The zero-order chi connectivity index (χ0) is 29.6. The van der Waals surface area contributed by atoms with Gasteiger partial charge in [-0.3, -0.25) is 19.1 Å². The van der Waals surface area contributed by atoms with Crippen LogP contribution in [-0.4, -0.2) is 72.4 Å². The van der Waals surface area contributed by atoms with Crippen molar-refractivity contribution in [2.45, 2.75) is 56.7 Å². The van der Waals surface area contributed by atoms with Gasteiger partial charge in [-0.15, -0.1) is 0 Å². The van der Waals surface area contributed by atoms with Gasteiger partial charge in [-0.25, -0.2) is 8.42 Å². The van der Waals surface area contributed by atoms with Crippen LogP contribution in [0, 0.1) is 0 Å². The maximum atomic E-state index is 13.8. The highest BCUT2D eigenvalue weighted by Gasteiger charge is 2.44. The molecular weight excluding hydrogens is 546 g/mol. The summed E-state index contributed by atoms with van der Waals surface area (Å²) in [6, 6.07) is 11.6. The number of ketones is 1. The second kappa shape index (κ2) is 10.5. The molecule has 2 aliphatic heterocycles. The average molecular weight is 582 g/mol. The maximum Gasteiger partial charge on any atom is 0.245 e. The molecule has 2 aromatic carbocycles. The van der Waals surface area contributed by atoms with E-state index >= 15 is 0 Å². The van der Waals surface area contributed by atoms with Crippen LogP contribution in [0.5, 0.6) is 5.75 Å². The molecule has 3 heterocycles. The summed E-state index contributed by atoms with van der Waals surface area (Å²) in [7, 11) is -3.49. The number of aromatic nitrogens is 1. The summed E-state index contributed by atoms with van der Waals surface area (Å²) < 4.78 is 31.9. The van der Waals surface area contributed by atoms with Gasteiger partial charge >= 0.3 is 0 Å². The fourth-order valence-electron chi connectivity index (χ4n) is 5.47. The molecule has 0 unspecified atom stereocenters. The van der Waals surface area contributed by atoms with Crippen molar-refractivity contribution in [3.8, 4) is 5.75 Å². The summed E-state index contributed by atoms with van der Waals surface area (Å²) in [5, 5.41) is 3.84. The van der Waals surface area contributed by atoms with Gasteiger partial charge in [-0.05, 0) is 43.7 Å². The van der Waals surface area contributed by atoms with Gasteiger partial charge < -0.3 is 25.7 Å². The topological polar surface area (TPSA) is 164 Å². The monoisotopic (exact) mass is 581 g/mol. The van der Waals surface area contributed by atoms with Crippen LogP contribution < -0.4 is 20.5 Å². The van der Waals surface area contributed by atoms with Gasteiger partial charge in [0.1, 0.15) is 17.4 Å². The van der Waals surface area contributed by atoms with E-state index in [0.717, 1.165) is 22.7 Å². The Hall–Kier alpha value is -3.90. The number of rotatable bonds is 7. The SMILES string of the molecule is CC(C)(N)C(=O)N[C@H](Cc1c[nH]c2ccccc12)C(=O)N1CCC2(CC1)CC(=O)c1cc(NS(C)(=O)=O)ccc1O2. The Kier molecular flexibility index (Phi) is 7.33. The number of likely N-dealkylation sites (tertiary alicyclic amines) is 1. The Morgan fingerprint density at radius 1 is 1.17 bits per heavy atom. The molecule has 1 aromatic heterocycles. The molecule has 1 spiro atoms. The zero-order valence-electron chi connectivity index (χ0n) is 23.3. The molecule has 1 saturated heterocycles. The molecule has 2 amide bonds. The van der Waals surface area contributed by atoms with Gasteiger partial charge in [-0.1, -0.05) is 18.2 Å². The predicted molar refractivity (Wildman–Crippen MR) is 155 cm³/mol. The Labute approximate surface area is 238 Å². The molecule has 5 N–H and O–H groups in total. The van der Waals surface area contributed by atoms with Crippen molar-refractivity contribution in [1.29, 1.82) is 0 Å². The highest BCUT2D eigenvalue weighted by molar-refractivity contribution is 7.92. The molecule has 3 aromatic rings. The number of nitrogens with one attached hydrogen (secondary N) is 3. The number of para-hydroxylation sites is 1. The number of carbonyl (C=O) groups is 3. The van der Waals surface area contributed by atoms with E-state index in [1.165, 1.54) is 6.07 Å². The second-order valence-electron chi connectivity index (χ2n) is 11.6. The van der Waals surface area contributed by atoms with Crippen LogP contribution in [0.15, 0.2) is 48.7 Å². The highest BCUT2D eigenvalue weighted by Crippen LogP contribution is 2.40. The van der Waals surface area contributed by atoms with E-state index in [-0.39, 0.29) is 18.1 Å². The largest absolute Gasteiger partial charge is 0.486 e. The number of nitrogens with zero attached hydrogens (tertiary/aromatic N) is 1. The van der Waals surface area contributed by atoms with Crippen molar-refractivity contribution in [2.24, 2.45) is 5.73 Å². The number of piperidine rings is 1. The van der Waals surface area contributed by atoms with E-state index in [0.29, 0.717) is 49.4 Å². The van der Waals surface area contributed by atoms with Crippen LogP contribution in [0.1, 0.15) is 49.0 Å². The van der Waals surface area contributed by atoms with Crippen molar-refractivity contribution in [3.63, 3.8) is 0 Å². The number of carbonyl (C=O) groups excluding carboxylic acids is 3. The average Bonchev–Trinajstić information content (AvgIpc) is 3.30. The third kappa shape index (κ3) is 6.23. The number of amides is 2. The molecule has 0 radical (unpaired) electrons. The van der Waals surface area contributed by atoms with Gasteiger partial charge in [0, 0.05) is 55.1 Å². The van der Waals surface area contributed by atoms with E-state index in [9.17, 15) is 22.8 Å². The lowest BCUT2D eigenvalue weighted by Crippen LogP contribution is -2.59. The first-order valence-corrected chi connectivity index (χ1v) is 15.4. The quantitative estimate of drug-likeness (QED) is 0.333. The number of fused-ring (bicyclic) bond motifs is 2. The van der Waals surface area contributed by atoms with Crippen LogP contribution in [0.3, 0.4) is 0 Å². The van der Waals surface area contributed by atoms with Crippen molar-refractivity contribution >= 4 is 44.2 Å². The third-order valence-corrected chi connectivity index (χ3v) is 8.27. The highest BCUT2D eigenvalue weighted by atomic mass is 32.2. The number of ether oxygens (including phenoxy) is 1. The summed E-state index contributed by atoms with van der Waals surface area (Å²) in [5.74, 6) is -0.388. The Balaban J connectivity index is 1.31. The molecule has 218 valence electrons. The molecule has 0 saturated carbocycles. The number of anilines is 1. The van der Waals surface area contributed by atoms with Gasteiger partial charge in [0.15, 0.2) is 5.78 Å². The predicted octanol–water partition coefficient (Wildman–Crippen LogP) is 2.33. The molecule has 0 aliphatic carbocycles. The van der Waals surface area contributed by atoms with E-state index in [1.54, 1.807) is 30.9 Å². The van der Waals surface area contributed by atoms with Crippen molar-refractivity contribution in [3.05, 3.63) is 59.8 Å². The first kappa shape index (κ1) is 28.6. The zero-order valence-corrected chi connectivity index (χ0v) is 24.1.